The zero-order chi connectivity index (χ0) is 17.8. The summed E-state index contributed by atoms with van der Waals surface area (Å²) in [6, 6.07) is 8.06. The van der Waals surface area contributed by atoms with Gasteiger partial charge in [0, 0.05) is 42.8 Å². The number of rotatable bonds is 3. The van der Waals surface area contributed by atoms with Crippen molar-refractivity contribution in [2.75, 3.05) is 32.8 Å². The molecule has 134 valence electrons. The number of aromatic nitrogens is 1. The first-order chi connectivity index (χ1) is 12.1. The molecule has 2 aromatic rings. The highest BCUT2D eigenvalue weighted by molar-refractivity contribution is 5.90. The van der Waals surface area contributed by atoms with Crippen LogP contribution in [0.25, 0.3) is 10.9 Å². The van der Waals surface area contributed by atoms with Gasteiger partial charge in [0.2, 0.25) is 5.91 Å². The van der Waals surface area contributed by atoms with Crippen molar-refractivity contribution in [3.05, 3.63) is 35.5 Å². The number of nitrogens with zero attached hydrogens (tertiary/aromatic N) is 2. The maximum Gasteiger partial charge on any atom is 0.409 e. The third kappa shape index (κ3) is 3.78. The summed E-state index contributed by atoms with van der Waals surface area (Å²) < 4.78 is 5.06. The molecule has 1 aromatic carbocycles. The number of aryl methyl sites for hydroxylation is 1. The lowest BCUT2D eigenvalue weighted by Gasteiger charge is -2.22. The highest BCUT2D eigenvalue weighted by Crippen LogP contribution is 2.23. The van der Waals surface area contributed by atoms with E-state index in [1.54, 1.807) is 11.8 Å². The van der Waals surface area contributed by atoms with Gasteiger partial charge in [0.05, 0.1) is 13.0 Å². The van der Waals surface area contributed by atoms with Gasteiger partial charge in [-0.25, -0.2) is 4.79 Å². The molecule has 1 N–H and O–H groups in total. The topological polar surface area (TPSA) is 65.6 Å². The molecule has 0 atom stereocenters. The second-order valence-corrected chi connectivity index (χ2v) is 6.37. The Balaban J connectivity index is 1.67. The first-order valence-corrected chi connectivity index (χ1v) is 8.85. The summed E-state index contributed by atoms with van der Waals surface area (Å²) >= 11 is 0. The van der Waals surface area contributed by atoms with Crippen LogP contribution < -0.4 is 0 Å². The summed E-state index contributed by atoms with van der Waals surface area (Å²) in [6.45, 7) is 6.57. The lowest BCUT2D eigenvalue weighted by molar-refractivity contribution is -0.130. The molecule has 1 aliphatic rings. The van der Waals surface area contributed by atoms with Crippen molar-refractivity contribution in [3.63, 3.8) is 0 Å². The van der Waals surface area contributed by atoms with Crippen LogP contribution in [0.4, 0.5) is 4.79 Å². The fourth-order valence-corrected chi connectivity index (χ4v) is 3.39. The lowest BCUT2D eigenvalue weighted by Crippen LogP contribution is -2.38. The molecule has 0 spiro atoms. The Kier molecular flexibility index (Phi) is 5.26. The van der Waals surface area contributed by atoms with Crippen LogP contribution >= 0.6 is 0 Å². The van der Waals surface area contributed by atoms with Crippen LogP contribution in [0.3, 0.4) is 0 Å². The van der Waals surface area contributed by atoms with Gasteiger partial charge in [-0.1, -0.05) is 18.2 Å². The number of benzene rings is 1. The van der Waals surface area contributed by atoms with Gasteiger partial charge in [-0.3, -0.25) is 4.79 Å². The van der Waals surface area contributed by atoms with Gasteiger partial charge >= 0.3 is 6.09 Å². The molecule has 1 saturated heterocycles. The second kappa shape index (κ2) is 7.59. The highest BCUT2D eigenvalue weighted by atomic mass is 16.6. The Bertz CT molecular complexity index is 768. The average Bonchev–Trinajstić information content (AvgIpc) is 2.78. The van der Waals surface area contributed by atoms with E-state index in [1.165, 1.54) is 0 Å². The van der Waals surface area contributed by atoms with Gasteiger partial charge in [-0.15, -0.1) is 0 Å². The molecule has 1 aromatic heterocycles. The third-order valence-corrected chi connectivity index (χ3v) is 4.73. The summed E-state index contributed by atoms with van der Waals surface area (Å²) in [4.78, 5) is 31.6. The summed E-state index contributed by atoms with van der Waals surface area (Å²) in [5.41, 5.74) is 3.16. The number of carbonyl (C=O) groups excluding carboxylic acids is 2. The van der Waals surface area contributed by atoms with E-state index in [0.29, 0.717) is 39.2 Å². The van der Waals surface area contributed by atoms with Crippen molar-refractivity contribution in [1.29, 1.82) is 0 Å². The molecule has 0 bridgehead atoms. The van der Waals surface area contributed by atoms with E-state index in [-0.39, 0.29) is 12.0 Å². The Morgan fingerprint density at radius 3 is 2.64 bits per heavy atom. The highest BCUT2D eigenvalue weighted by Gasteiger charge is 2.23. The van der Waals surface area contributed by atoms with Crippen molar-refractivity contribution >= 4 is 22.9 Å². The quantitative estimate of drug-likeness (QED) is 0.932. The Hall–Kier alpha value is -2.50. The first kappa shape index (κ1) is 17.3. The van der Waals surface area contributed by atoms with E-state index in [1.807, 2.05) is 36.1 Å². The van der Waals surface area contributed by atoms with Gasteiger partial charge in [0.1, 0.15) is 0 Å². The number of aromatic amines is 1. The molecule has 0 radical (unpaired) electrons. The van der Waals surface area contributed by atoms with Crippen molar-refractivity contribution in [1.82, 2.24) is 14.8 Å². The molecule has 25 heavy (non-hydrogen) atoms. The van der Waals surface area contributed by atoms with Crippen molar-refractivity contribution in [2.24, 2.45) is 0 Å². The molecule has 3 rings (SSSR count). The van der Waals surface area contributed by atoms with E-state index < -0.39 is 0 Å². The minimum absolute atomic E-state index is 0.110. The standard InChI is InChI=1S/C19H25N3O3/c1-3-25-19(24)22-10-6-9-21(11-12-22)18(23)13-16-14(2)20-17-8-5-4-7-15(16)17/h4-5,7-8,20H,3,6,9-13H2,1-2H3. The Labute approximate surface area is 147 Å². The van der Waals surface area contributed by atoms with E-state index >= 15 is 0 Å². The van der Waals surface area contributed by atoms with E-state index in [0.717, 1.165) is 28.6 Å². The van der Waals surface area contributed by atoms with Crippen LogP contribution in [-0.2, 0) is 16.0 Å². The van der Waals surface area contributed by atoms with Crippen molar-refractivity contribution in [2.45, 2.75) is 26.7 Å². The molecule has 0 aliphatic carbocycles. The van der Waals surface area contributed by atoms with Gasteiger partial charge in [-0.05, 0) is 31.9 Å². The molecule has 2 heterocycles. The average molecular weight is 343 g/mol. The minimum atomic E-state index is -0.288. The Morgan fingerprint density at radius 1 is 1.12 bits per heavy atom. The normalized spacial score (nSPS) is 15.3. The fraction of sp³-hybridized carbons (Fsp3) is 0.474. The molecular formula is C19H25N3O3. The second-order valence-electron chi connectivity index (χ2n) is 6.37. The zero-order valence-corrected chi connectivity index (χ0v) is 14.9. The number of carbonyl (C=O) groups is 2. The van der Waals surface area contributed by atoms with E-state index in [9.17, 15) is 9.59 Å². The number of fused-ring (bicyclic) bond motifs is 1. The molecular weight excluding hydrogens is 318 g/mol. The number of ether oxygens (including phenoxy) is 1. The molecule has 2 amide bonds. The monoisotopic (exact) mass is 343 g/mol. The summed E-state index contributed by atoms with van der Waals surface area (Å²) in [5, 5.41) is 1.11. The zero-order valence-electron chi connectivity index (χ0n) is 14.9. The largest absolute Gasteiger partial charge is 0.450 e. The van der Waals surface area contributed by atoms with Crippen LogP contribution in [0.15, 0.2) is 24.3 Å². The number of amides is 2. The lowest BCUT2D eigenvalue weighted by atomic mass is 10.1. The van der Waals surface area contributed by atoms with Gasteiger partial charge < -0.3 is 19.5 Å². The van der Waals surface area contributed by atoms with E-state index in [4.69, 9.17) is 4.74 Å². The maximum absolute atomic E-state index is 12.8. The van der Waals surface area contributed by atoms with Crippen LogP contribution in [0, 0.1) is 6.92 Å². The maximum atomic E-state index is 12.8. The molecule has 1 aliphatic heterocycles. The predicted octanol–water partition coefficient (Wildman–Crippen LogP) is 2.71. The molecule has 0 saturated carbocycles. The SMILES string of the molecule is CCOC(=O)N1CCCN(C(=O)Cc2c(C)[nH]c3ccccc23)CC1. The summed E-state index contributed by atoms with van der Waals surface area (Å²) in [5.74, 6) is 0.110. The number of hydrogen-bond acceptors (Lipinski definition) is 3. The minimum Gasteiger partial charge on any atom is -0.450 e. The molecule has 0 unspecified atom stereocenters. The van der Waals surface area contributed by atoms with Gasteiger partial charge in [-0.2, -0.15) is 0 Å². The predicted molar refractivity (Wildman–Crippen MR) is 96.5 cm³/mol. The van der Waals surface area contributed by atoms with Crippen molar-refractivity contribution in [3.8, 4) is 0 Å². The van der Waals surface area contributed by atoms with Crippen LogP contribution in [0.1, 0.15) is 24.6 Å². The fourth-order valence-electron chi connectivity index (χ4n) is 3.39. The molecule has 6 heteroatoms. The van der Waals surface area contributed by atoms with Crippen LogP contribution in [0.2, 0.25) is 0 Å². The summed E-state index contributed by atoms with van der Waals surface area (Å²) in [7, 11) is 0. The molecule has 6 nitrogen and oxygen atoms in total. The van der Waals surface area contributed by atoms with Crippen molar-refractivity contribution < 1.29 is 14.3 Å². The Morgan fingerprint density at radius 2 is 1.84 bits per heavy atom. The van der Waals surface area contributed by atoms with Crippen LogP contribution in [-0.4, -0.2) is 59.6 Å². The van der Waals surface area contributed by atoms with E-state index in [2.05, 4.69) is 4.98 Å². The number of H-pyrrole nitrogens is 1. The van der Waals surface area contributed by atoms with Gasteiger partial charge in [0.15, 0.2) is 0 Å². The summed E-state index contributed by atoms with van der Waals surface area (Å²) in [6.07, 6.45) is 0.872. The molecule has 1 fully saturated rings. The van der Waals surface area contributed by atoms with Crippen LogP contribution in [0.5, 0.6) is 0 Å². The number of nitrogens with one attached hydrogen (secondary N) is 1. The van der Waals surface area contributed by atoms with Gasteiger partial charge in [0.25, 0.3) is 0 Å². The number of hydrogen-bond donors (Lipinski definition) is 1. The first-order valence-electron chi connectivity index (χ1n) is 8.85. The third-order valence-electron chi connectivity index (χ3n) is 4.73. The number of para-hydroxylation sites is 1. The smallest absolute Gasteiger partial charge is 0.409 e.